The van der Waals surface area contributed by atoms with Crippen molar-refractivity contribution < 1.29 is 28.5 Å². The van der Waals surface area contributed by atoms with Gasteiger partial charge in [0.1, 0.15) is 28.5 Å². The Morgan fingerprint density at radius 2 is 1.04 bits per heavy atom. The summed E-state index contributed by atoms with van der Waals surface area (Å²) < 4.78 is 25.6. The van der Waals surface area contributed by atoms with Crippen LogP contribution >= 0.6 is 34.8 Å². The highest BCUT2D eigenvalue weighted by Gasteiger charge is 2.32. The van der Waals surface area contributed by atoms with Crippen LogP contribution in [0.15, 0.2) is 0 Å². The van der Waals surface area contributed by atoms with Gasteiger partial charge in [-0.25, -0.2) is 29.9 Å². The monoisotopic (exact) mass is 1220 g/mol. The molecule has 2 atom stereocenters. The summed E-state index contributed by atoms with van der Waals surface area (Å²) in [4.78, 5) is 95.6. The summed E-state index contributed by atoms with van der Waals surface area (Å²) in [7, 11) is 7.34. The lowest BCUT2D eigenvalue weighted by molar-refractivity contribution is 0.0743. The number of hydrogen-bond donors (Lipinski definition) is 4. The van der Waals surface area contributed by atoms with E-state index in [0.717, 1.165) is 111 Å². The number of amides is 2. The van der Waals surface area contributed by atoms with Gasteiger partial charge in [0.25, 0.3) is 11.8 Å². The van der Waals surface area contributed by atoms with E-state index in [1.165, 1.54) is 7.05 Å². The van der Waals surface area contributed by atoms with Gasteiger partial charge in [-0.1, -0.05) is 0 Å². The molecule has 448 valence electrons. The van der Waals surface area contributed by atoms with E-state index in [2.05, 4.69) is 114 Å². The number of ether oxygens (including phenoxy) is 4. The summed E-state index contributed by atoms with van der Waals surface area (Å²) in [6, 6.07) is 0.418. The molecule has 8 aromatic rings. The predicted molar refractivity (Wildman–Crippen MR) is 315 cm³/mol. The lowest BCUT2D eigenvalue weighted by Gasteiger charge is -2.30. The van der Waals surface area contributed by atoms with Crippen LogP contribution in [0.5, 0.6) is 0 Å². The molecule has 8 aromatic heterocycles. The summed E-state index contributed by atoms with van der Waals surface area (Å²) in [6.45, 7) is 21.0. The zero-order chi connectivity index (χ0) is 58.8. The molecule has 0 aliphatic carbocycles. The molecule has 4 N–H and O–H groups in total. The van der Waals surface area contributed by atoms with Crippen LogP contribution < -0.4 is 30.2 Å². The van der Waals surface area contributed by atoms with Crippen molar-refractivity contribution in [1.29, 1.82) is 0 Å². The Kier molecular flexibility index (Phi) is 17.9. The van der Waals surface area contributed by atoms with Crippen molar-refractivity contribution in [1.82, 2.24) is 99.3 Å². The number of nitrogens with one attached hydrogen (secondary N) is 4. The smallest absolute Gasteiger partial charge is 0.289 e. The molecule has 0 bridgehead atoms. The second-order valence-electron chi connectivity index (χ2n) is 20.6. The molecule has 84 heavy (non-hydrogen) atoms. The third-order valence-electron chi connectivity index (χ3n) is 15.3. The molecule has 14 rings (SSSR count). The first-order chi connectivity index (χ1) is 40.7. The number of halogens is 3. The normalized spacial score (nSPS) is 18.9. The van der Waals surface area contributed by atoms with Gasteiger partial charge in [-0.2, -0.15) is 29.9 Å². The molecule has 4 saturated heterocycles. The number of aromatic nitrogens is 16. The van der Waals surface area contributed by atoms with E-state index < -0.39 is 0 Å². The van der Waals surface area contributed by atoms with Crippen LogP contribution in [0.25, 0.3) is 44.7 Å². The van der Waals surface area contributed by atoms with Crippen LogP contribution in [0.2, 0.25) is 15.9 Å². The van der Waals surface area contributed by atoms with Gasteiger partial charge in [-0.3, -0.25) is 14.5 Å². The van der Waals surface area contributed by atoms with Crippen LogP contribution in [0.3, 0.4) is 0 Å². The fourth-order valence-electron chi connectivity index (χ4n) is 10.5. The maximum absolute atomic E-state index is 12.3. The number of morpholine rings is 4. The zero-order valence-corrected chi connectivity index (χ0v) is 50.1. The van der Waals surface area contributed by atoms with E-state index in [0.29, 0.717) is 117 Å². The number of rotatable bonds is 7. The standard InChI is InChI=1S/C15H22N6O.C13H15ClN6O2.C12H17ClN6O.C11H13ClN6O2/c1-10-13-18-12-14(20-6-8-22-9-7-20)16-11(2)17-15(12)21(13)5-4-19(10)3;1-18-2-3-20-10-8(15-11(20)12(18)21)9(16-13(14)17-10)19-4-6-22-7-5-19;1-7(14-2)9-15-8-10(16-9)17-12(13)18-11(8)19-3-5-20-6-4-19;1-13-10(19)8-14-6-7(15-8)16-11(12)17-9(6)18-2-4-20-5-3-18/h10H,4-9H2,1-3H3;2-7H2,1H3;7,14H,3-6H2,1-2H3,(H,15,16,17,18);2-5H2,1H3,(H,13,19)(H,14,15,16,17). The molecular weight excluding hydrogens is 1150 g/mol. The van der Waals surface area contributed by atoms with Crippen molar-refractivity contribution in [2.45, 2.75) is 45.9 Å². The van der Waals surface area contributed by atoms with Gasteiger partial charge in [0.2, 0.25) is 21.7 Å². The van der Waals surface area contributed by atoms with Crippen LogP contribution in [0, 0.1) is 6.92 Å². The van der Waals surface area contributed by atoms with Gasteiger partial charge in [0.15, 0.2) is 62.7 Å². The molecule has 0 radical (unpaired) electrons. The van der Waals surface area contributed by atoms with Crippen LogP contribution in [-0.2, 0) is 32.0 Å². The Labute approximate surface area is 497 Å². The number of carbonyl (C=O) groups excluding carboxylic acids is 2. The van der Waals surface area contributed by atoms with E-state index in [1.54, 1.807) is 11.9 Å². The molecule has 0 saturated carbocycles. The van der Waals surface area contributed by atoms with E-state index in [4.69, 9.17) is 58.7 Å². The number of likely N-dealkylation sites (N-methyl/N-ethyl adjacent to an activating group) is 2. The van der Waals surface area contributed by atoms with Crippen LogP contribution in [0.1, 0.15) is 64.6 Å². The minimum atomic E-state index is -0.313. The molecule has 30 nitrogen and oxygen atoms in total. The summed E-state index contributed by atoms with van der Waals surface area (Å²) in [5.41, 5.74) is 5.58. The Balaban J connectivity index is 0.000000117. The molecule has 0 spiro atoms. The fraction of sp³-hybridized carbons (Fsp3) is 0.569. The van der Waals surface area contributed by atoms with E-state index in [1.807, 2.05) is 30.4 Å². The minimum absolute atomic E-state index is 0.103. The lowest BCUT2D eigenvalue weighted by Crippen LogP contribution is -2.37. The molecule has 14 heterocycles. The van der Waals surface area contributed by atoms with Crippen molar-refractivity contribution in [2.75, 3.05) is 166 Å². The van der Waals surface area contributed by atoms with Gasteiger partial charge in [-0.15, -0.1) is 0 Å². The van der Waals surface area contributed by atoms with E-state index >= 15 is 0 Å². The Morgan fingerprint density at radius 3 is 1.60 bits per heavy atom. The summed E-state index contributed by atoms with van der Waals surface area (Å²) >= 11 is 18.0. The highest BCUT2D eigenvalue weighted by molar-refractivity contribution is 6.29. The van der Waals surface area contributed by atoms with Gasteiger partial charge in [0.05, 0.1) is 64.9 Å². The Bertz CT molecular complexity index is 3670. The highest BCUT2D eigenvalue weighted by Crippen LogP contribution is 2.33. The third kappa shape index (κ3) is 12.3. The lowest BCUT2D eigenvalue weighted by atomic mass is 10.2. The number of aromatic amines is 2. The second kappa shape index (κ2) is 25.7. The second-order valence-corrected chi connectivity index (χ2v) is 21.6. The third-order valence-corrected chi connectivity index (χ3v) is 15.8. The highest BCUT2D eigenvalue weighted by atomic mass is 35.5. The molecule has 0 aromatic carbocycles. The Morgan fingerprint density at radius 1 is 0.560 bits per heavy atom. The zero-order valence-electron chi connectivity index (χ0n) is 47.8. The first kappa shape index (κ1) is 58.7. The average molecular weight is 1220 g/mol. The number of aryl methyl sites for hydroxylation is 1. The molecule has 33 heteroatoms. The topological polar surface area (TPSA) is 311 Å². The predicted octanol–water partition coefficient (Wildman–Crippen LogP) is 2.71. The number of imidazole rings is 4. The van der Waals surface area contributed by atoms with Crippen molar-refractivity contribution >= 4 is 115 Å². The van der Waals surface area contributed by atoms with Crippen molar-refractivity contribution in [3.05, 3.63) is 45.0 Å². The largest absolute Gasteiger partial charge is 0.378 e. The number of hydrogen-bond acceptors (Lipinski definition) is 24. The fourth-order valence-corrected chi connectivity index (χ4v) is 10.9. The summed E-state index contributed by atoms with van der Waals surface area (Å²) in [5.74, 6) is 5.98. The number of anilines is 4. The van der Waals surface area contributed by atoms with Crippen LogP contribution in [0.4, 0.5) is 23.3 Å². The van der Waals surface area contributed by atoms with Gasteiger partial charge < -0.3 is 73.2 Å². The Hall–Kier alpha value is -7.03. The quantitative estimate of drug-likeness (QED) is 0.167. The van der Waals surface area contributed by atoms with E-state index in [-0.39, 0.29) is 39.5 Å². The van der Waals surface area contributed by atoms with Gasteiger partial charge in [0, 0.05) is 92.6 Å². The van der Waals surface area contributed by atoms with Gasteiger partial charge in [-0.05, 0) is 69.7 Å². The number of H-pyrrole nitrogens is 2. The van der Waals surface area contributed by atoms with Crippen LogP contribution in [-0.4, -0.2) is 247 Å². The first-order valence-electron chi connectivity index (χ1n) is 27.9. The minimum Gasteiger partial charge on any atom is -0.378 e. The molecule has 2 unspecified atom stereocenters. The van der Waals surface area contributed by atoms with Crippen molar-refractivity contribution in [3.63, 3.8) is 0 Å². The molecule has 6 aliphatic heterocycles. The van der Waals surface area contributed by atoms with E-state index in [9.17, 15) is 9.59 Å². The van der Waals surface area contributed by atoms with Crippen molar-refractivity contribution in [2.24, 2.45) is 0 Å². The maximum atomic E-state index is 12.3. The maximum Gasteiger partial charge on any atom is 0.289 e. The first-order valence-corrected chi connectivity index (χ1v) is 29.0. The molecular formula is C51H67Cl3N24O6. The summed E-state index contributed by atoms with van der Waals surface area (Å²) in [5, 5.41) is 6.15. The van der Waals surface area contributed by atoms with Gasteiger partial charge >= 0.3 is 0 Å². The number of fused-ring (bicyclic) bond motifs is 8. The SMILES string of the molecule is CN1CCn2c(nc3c(N4CCOCC4)nc(Cl)nc32)C1=O.CNC(=O)c1nc2nc(Cl)nc(N3CCOCC3)c2[nH]1.CNC(C)c1nc2nc(Cl)nc(N3CCOCC3)c2[nH]1.Cc1nc(N2CCOCC2)c2nc3n(c2n1)CCN(C)C3C. The number of nitrogens with zero attached hydrogens (tertiary/aromatic N) is 20. The summed E-state index contributed by atoms with van der Waals surface area (Å²) in [6.07, 6.45) is 0. The average Bonchev–Trinajstić information content (AvgIpc) is 4.50. The molecule has 2 amide bonds. The molecule has 6 aliphatic rings. The van der Waals surface area contributed by atoms with Crippen molar-refractivity contribution in [3.8, 4) is 0 Å². The number of carbonyl (C=O) groups is 2. The molecule has 4 fully saturated rings.